The minimum atomic E-state index is -3.05. The van der Waals surface area contributed by atoms with Gasteiger partial charge >= 0.3 is 0 Å². The topological polar surface area (TPSA) is 44.3 Å². The average Bonchev–Trinajstić information content (AvgIpc) is 2.07. The molecule has 3 N–H and O–H groups in total. The lowest BCUT2D eigenvalue weighted by molar-refractivity contribution is -0.191. The van der Waals surface area contributed by atoms with E-state index in [-0.39, 0.29) is 19.0 Å². The summed E-state index contributed by atoms with van der Waals surface area (Å²) in [6.45, 7) is 3.67. The fourth-order valence-electron chi connectivity index (χ4n) is 1.48. The van der Waals surface area contributed by atoms with Crippen LogP contribution in [-0.4, -0.2) is 42.3 Å². The summed E-state index contributed by atoms with van der Waals surface area (Å²) in [6.07, 6.45) is 0.0831. The van der Waals surface area contributed by atoms with Crippen LogP contribution in [0.1, 0.15) is 20.3 Å². The molecule has 0 aromatic rings. The summed E-state index contributed by atoms with van der Waals surface area (Å²) in [5.41, 5.74) is -1.90. The predicted octanol–water partition coefficient (Wildman–Crippen LogP) is 0.344. The van der Waals surface area contributed by atoms with Gasteiger partial charge in [0.15, 0.2) is 0 Å². The second kappa shape index (κ2) is 4.08. The molecule has 1 heterocycles. The standard InChI is InChI=1S/C9H18F2N2O/c1-7(2)13-5-8(14)3-4-12-6-9(8,10)11/h7,12-14H,3-6H2,1-2H3. The zero-order valence-corrected chi connectivity index (χ0v) is 8.61. The van der Waals surface area contributed by atoms with Crippen molar-refractivity contribution in [3.8, 4) is 0 Å². The maximum Gasteiger partial charge on any atom is 0.289 e. The molecule has 14 heavy (non-hydrogen) atoms. The molecule has 0 bridgehead atoms. The first-order valence-corrected chi connectivity index (χ1v) is 4.92. The van der Waals surface area contributed by atoms with Crippen LogP contribution in [0, 0.1) is 0 Å². The van der Waals surface area contributed by atoms with Gasteiger partial charge in [0.05, 0.1) is 6.54 Å². The quantitative estimate of drug-likeness (QED) is 0.627. The van der Waals surface area contributed by atoms with Crippen LogP contribution in [0.5, 0.6) is 0 Å². The van der Waals surface area contributed by atoms with Crippen LogP contribution in [0.15, 0.2) is 0 Å². The molecular formula is C9H18F2N2O. The summed E-state index contributed by atoms with van der Waals surface area (Å²) in [7, 11) is 0. The molecule has 1 unspecified atom stereocenters. The zero-order chi connectivity index (χ0) is 10.8. The molecule has 1 aliphatic rings. The molecule has 84 valence electrons. The van der Waals surface area contributed by atoms with Crippen molar-refractivity contribution in [1.82, 2.24) is 10.6 Å². The second-order valence-corrected chi connectivity index (χ2v) is 4.20. The number of alkyl halides is 2. The van der Waals surface area contributed by atoms with Crippen LogP contribution in [0.3, 0.4) is 0 Å². The molecule has 1 atom stereocenters. The largest absolute Gasteiger partial charge is 0.382 e. The first-order valence-electron chi connectivity index (χ1n) is 4.92. The number of halogens is 2. The van der Waals surface area contributed by atoms with E-state index < -0.39 is 18.1 Å². The molecule has 3 nitrogen and oxygen atoms in total. The van der Waals surface area contributed by atoms with Crippen molar-refractivity contribution in [3.63, 3.8) is 0 Å². The summed E-state index contributed by atoms with van der Waals surface area (Å²) in [5.74, 6) is -3.05. The van der Waals surface area contributed by atoms with Gasteiger partial charge in [0.2, 0.25) is 0 Å². The molecule has 0 aromatic heterocycles. The van der Waals surface area contributed by atoms with Gasteiger partial charge in [-0.25, -0.2) is 8.78 Å². The van der Waals surface area contributed by atoms with Crippen LogP contribution < -0.4 is 10.6 Å². The Morgan fingerprint density at radius 2 is 2.14 bits per heavy atom. The van der Waals surface area contributed by atoms with E-state index in [0.717, 1.165) is 0 Å². The summed E-state index contributed by atoms with van der Waals surface area (Å²) >= 11 is 0. The third-order valence-electron chi connectivity index (χ3n) is 2.55. The van der Waals surface area contributed by atoms with E-state index in [9.17, 15) is 13.9 Å². The fourth-order valence-corrected chi connectivity index (χ4v) is 1.48. The van der Waals surface area contributed by atoms with Crippen LogP contribution >= 0.6 is 0 Å². The maximum absolute atomic E-state index is 13.4. The molecule has 0 aliphatic carbocycles. The lowest BCUT2D eigenvalue weighted by Gasteiger charge is -2.40. The van der Waals surface area contributed by atoms with Gasteiger partial charge in [-0.2, -0.15) is 0 Å². The summed E-state index contributed by atoms with van der Waals surface area (Å²) in [5, 5.41) is 15.2. The molecular weight excluding hydrogens is 190 g/mol. The van der Waals surface area contributed by atoms with Crippen molar-refractivity contribution in [1.29, 1.82) is 0 Å². The Bertz CT molecular complexity index is 199. The summed E-state index contributed by atoms with van der Waals surface area (Å²) < 4.78 is 26.7. The molecule has 5 heteroatoms. The van der Waals surface area contributed by atoms with Gasteiger partial charge in [0.25, 0.3) is 5.92 Å². The molecule has 0 aromatic carbocycles. The lowest BCUT2D eigenvalue weighted by atomic mass is 9.88. The van der Waals surface area contributed by atoms with Gasteiger partial charge in [-0.05, 0) is 13.0 Å². The molecule has 1 rings (SSSR count). The smallest absolute Gasteiger partial charge is 0.289 e. The highest BCUT2D eigenvalue weighted by Gasteiger charge is 2.53. The minimum Gasteiger partial charge on any atom is -0.382 e. The number of piperidine rings is 1. The average molecular weight is 208 g/mol. The molecule has 1 aliphatic heterocycles. The van der Waals surface area contributed by atoms with Crippen molar-refractivity contribution in [2.45, 2.75) is 37.8 Å². The van der Waals surface area contributed by atoms with E-state index in [2.05, 4.69) is 10.6 Å². The van der Waals surface area contributed by atoms with Crippen LogP contribution in [0.4, 0.5) is 8.78 Å². The van der Waals surface area contributed by atoms with Gasteiger partial charge in [-0.15, -0.1) is 0 Å². The third-order valence-corrected chi connectivity index (χ3v) is 2.55. The van der Waals surface area contributed by atoms with E-state index >= 15 is 0 Å². The first kappa shape index (κ1) is 11.8. The van der Waals surface area contributed by atoms with Crippen LogP contribution in [-0.2, 0) is 0 Å². The Morgan fingerprint density at radius 3 is 2.64 bits per heavy atom. The number of hydrogen-bond donors (Lipinski definition) is 3. The first-order chi connectivity index (χ1) is 6.37. The Hall–Kier alpha value is -0.260. The third kappa shape index (κ3) is 2.40. The summed E-state index contributed by atoms with van der Waals surface area (Å²) in [4.78, 5) is 0. The second-order valence-electron chi connectivity index (χ2n) is 4.20. The Morgan fingerprint density at radius 1 is 1.50 bits per heavy atom. The molecule has 0 saturated carbocycles. The van der Waals surface area contributed by atoms with Gasteiger partial charge in [-0.1, -0.05) is 13.8 Å². The van der Waals surface area contributed by atoms with E-state index in [4.69, 9.17) is 0 Å². The molecule has 0 amide bonds. The van der Waals surface area contributed by atoms with Crippen molar-refractivity contribution >= 4 is 0 Å². The fraction of sp³-hybridized carbons (Fsp3) is 1.00. The monoisotopic (exact) mass is 208 g/mol. The molecule has 1 fully saturated rings. The van der Waals surface area contributed by atoms with E-state index in [1.54, 1.807) is 0 Å². The predicted molar refractivity (Wildman–Crippen MR) is 50.5 cm³/mol. The van der Waals surface area contributed by atoms with E-state index in [0.29, 0.717) is 6.54 Å². The highest BCUT2D eigenvalue weighted by molar-refractivity contribution is 5.00. The van der Waals surface area contributed by atoms with E-state index in [1.165, 1.54) is 0 Å². The van der Waals surface area contributed by atoms with Crippen molar-refractivity contribution in [3.05, 3.63) is 0 Å². The summed E-state index contributed by atoms with van der Waals surface area (Å²) in [6, 6.07) is 0.102. The van der Waals surface area contributed by atoms with Gasteiger partial charge in [-0.3, -0.25) is 0 Å². The highest BCUT2D eigenvalue weighted by Crippen LogP contribution is 2.33. The Balaban J connectivity index is 2.59. The molecule has 0 spiro atoms. The highest BCUT2D eigenvalue weighted by atomic mass is 19.3. The number of hydrogen-bond acceptors (Lipinski definition) is 3. The number of nitrogens with one attached hydrogen (secondary N) is 2. The lowest BCUT2D eigenvalue weighted by Crippen LogP contribution is -2.63. The minimum absolute atomic E-state index is 0.0562. The van der Waals surface area contributed by atoms with Crippen molar-refractivity contribution in [2.24, 2.45) is 0 Å². The van der Waals surface area contributed by atoms with Gasteiger partial charge in [0, 0.05) is 12.6 Å². The number of rotatable bonds is 3. The van der Waals surface area contributed by atoms with Crippen LogP contribution in [0.25, 0.3) is 0 Å². The van der Waals surface area contributed by atoms with Gasteiger partial charge in [0.1, 0.15) is 5.60 Å². The van der Waals surface area contributed by atoms with Crippen molar-refractivity contribution < 1.29 is 13.9 Å². The SMILES string of the molecule is CC(C)NCC1(O)CCNCC1(F)F. The number of aliphatic hydroxyl groups is 1. The molecule has 0 radical (unpaired) electrons. The zero-order valence-electron chi connectivity index (χ0n) is 8.61. The van der Waals surface area contributed by atoms with Crippen molar-refractivity contribution in [2.75, 3.05) is 19.6 Å². The van der Waals surface area contributed by atoms with E-state index in [1.807, 2.05) is 13.8 Å². The Kier molecular flexibility index (Phi) is 3.44. The normalized spacial score (nSPS) is 32.1. The van der Waals surface area contributed by atoms with Crippen LogP contribution in [0.2, 0.25) is 0 Å². The molecule has 1 saturated heterocycles. The maximum atomic E-state index is 13.4. The van der Waals surface area contributed by atoms with Gasteiger partial charge < -0.3 is 15.7 Å². The Labute approximate surface area is 82.9 Å².